The number of benzene rings is 1. The molecule has 1 aromatic carbocycles. The molecule has 3 nitrogen and oxygen atoms in total. The normalized spacial score (nSPS) is 18.6. The van der Waals surface area contributed by atoms with Crippen LogP contribution in [0.4, 0.5) is 13.2 Å². The lowest BCUT2D eigenvalue weighted by molar-refractivity contribution is -0.137. The minimum absolute atomic E-state index is 0.0894. The molecule has 1 atom stereocenters. The Hall–Kier alpha value is -1.82. The molecule has 1 aliphatic rings. The lowest BCUT2D eigenvalue weighted by Gasteiger charge is -2.21. The third-order valence-electron chi connectivity index (χ3n) is 3.86. The maximum atomic E-state index is 13.1. The van der Waals surface area contributed by atoms with Crippen LogP contribution in [0.1, 0.15) is 17.8 Å². The average molecular weight is 296 g/mol. The fourth-order valence-corrected chi connectivity index (χ4v) is 2.75. The summed E-state index contributed by atoms with van der Waals surface area (Å²) in [5.74, 6) is 0.934. The summed E-state index contributed by atoms with van der Waals surface area (Å²) >= 11 is 0. The van der Waals surface area contributed by atoms with Crippen molar-refractivity contribution in [3.63, 3.8) is 0 Å². The molecule has 0 radical (unpaired) electrons. The van der Waals surface area contributed by atoms with Crippen molar-refractivity contribution in [1.29, 1.82) is 0 Å². The van der Waals surface area contributed by atoms with Crippen LogP contribution >= 0.6 is 0 Å². The van der Waals surface area contributed by atoms with E-state index in [0.29, 0.717) is 18.7 Å². The first kappa shape index (κ1) is 14.1. The average Bonchev–Trinajstić information content (AvgIpc) is 2.89. The van der Waals surface area contributed by atoms with Crippen LogP contribution in [0.2, 0.25) is 0 Å². The van der Waals surface area contributed by atoms with Gasteiger partial charge in [0.2, 0.25) is 0 Å². The molecule has 1 N–H and O–H groups in total. The first-order valence-corrected chi connectivity index (χ1v) is 6.82. The molecule has 6 heteroatoms. The van der Waals surface area contributed by atoms with Crippen LogP contribution in [0.25, 0.3) is 11.3 Å². The largest absolute Gasteiger partial charge is 0.417 e. The van der Waals surface area contributed by atoms with Crippen molar-refractivity contribution >= 4 is 0 Å². The van der Waals surface area contributed by atoms with Gasteiger partial charge in [-0.3, -0.25) is 0 Å². The Bertz CT molecular complexity index is 649. The van der Waals surface area contributed by atoms with E-state index >= 15 is 0 Å². The SMILES string of the molecule is OCC1CCc2nc(-c3ccccc3C(F)(F)F)cn2C1. The second kappa shape index (κ2) is 5.18. The van der Waals surface area contributed by atoms with Gasteiger partial charge in [-0.05, 0) is 12.5 Å². The van der Waals surface area contributed by atoms with Crippen LogP contribution in [0.5, 0.6) is 0 Å². The number of hydrogen-bond donors (Lipinski definition) is 1. The van der Waals surface area contributed by atoms with Crippen LogP contribution in [0.15, 0.2) is 30.5 Å². The predicted octanol–water partition coefficient (Wildman–Crippen LogP) is 3.12. The molecule has 0 fully saturated rings. The fraction of sp³-hybridized carbons (Fsp3) is 0.400. The summed E-state index contributed by atoms with van der Waals surface area (Å²) in [6, 6.07) is 5.48. The van der Waals surface area contributed by atoms with Gasteiger partial charge in [0.05, 0.1) is 11.3 Å². The van der Waals surface area contributed by atoms with Gasteiger partial charge in [0.1, 0.15) is 5.82 Å². The third kappa shape index (κ3) is 2.68. The first-order valence-electron chi connectivity index (χ1n) is 6.82. The van der Waals surface area contributed by atoms with Crippen molar-refractivity contribution < 1.29 is 18.3 Å². The van der Waals surface area contributed by atoms with Crippen LogP contribution < -0.4 is 0 Å². The van der Waals surface area contributed by atoms with Gasteiger partial charge in [-0.15, -0.1) is 0 Å². The number of imidazole rings is 1. The Morgan fingerprint density at radius 3 is 2.76 bits per heavy atom. The minimum Gasteiger partial charge on any atom is -0.396 e. The van der Waals surface area contributed by atoms with Crippen molar-refractivity contribution in [2.45, 2.75) is 25.6 Å². The van der Waals surface area contributed by atoms with Gasteiger partial charge in [0.25, 0.3) is 0 Å². The molecular weight excluding hydrogens is 281 g/mol. The summed E-state index contributed by atoms with van der Waals surface area (Å²) < 4.78 is 41.1. The molecule has 2 aromatic rings. The van der Waals surface area contributed by atoms with E-state index in [-0.39, 0.29) is 18.1 Å². The second-order valence-electron chi connectivity index (χ2n) is 5.33. The van der Waals surface area contributed by atoms with Crippen LogP contribution in [-0.4, -0.2) is 21.3 Å². The van der Waals surface area contributed by atoms with Crippen molar-refractivity contribution in [1.82, 2.24) is 9.55 Å². The van der Waals surface area contributed by atoms with Gasteiger partial charge in [-0.1, -0.05) is 18.2 Å². The van der Waals surface area contributed by atoms with Crippen molar-refractivity contribution in [3.8, 4) is 11.3 Å². The summed E-state index contributed by atoms with van der Waals surface area (Å²) in [4.78, 5) is 4.35. The van der Waals surface area contributed by atoms with Crippen molar-refractivity contribution in [2.24, 2.45) is 5.92 Å². The Morgan fingerprint density at radius 1 is 1.29 bits per heavy atom. The molecule has 2 heterocycles. The number of aliphatic hydroxyl groups is 1. The molecule has 1 aromatic heterocycles. The zero-order valence-electron chi connectivity index (χ0n) is 11.3. The van der Waals surface area contributed by atoms with Crippen LogP contribution in [-0.2, 0) is 19.1 Å². The number of halogens is 3. The summed E-state index contributed by atoms with van der Waals surface area (Å²) in [5.41, 5.74) is -0.219. The lowest BCUT2D eigenvalue weighted by Crippen LogP contribution is -2.22. The third-order valence-corrected chi connectivity index (χ3v) is 3.86. The maximum absolute atomic E-state index is 13.1. The molecule has 1 aliphatic heterocycles. The quantitative estimate of drug-likeness (QED) is 0.924. The van der Waals surface area contributed by atoms with E-state index < -0.39 is 11.7 Å². The number of aromatic nitrogens is 2. The highest BCUT2D eigenvalue weighted by Gasteiger charge is 2.34. The molecule has 21 heavy (non-hydrogen) atoms. The van der Waals surface area contributed by atoms with E-state index in [1.54, 1.807) is 12.3 Å². The number of hydrogen-bond acceptors (Lipinski definition) is 2. The number of nitrogens with zero attached hydrogens (tertiary/aromatic N) is 2. The maximum Gasteiger partial charge on any atom is 0.417 e. The number of rotatable bonds is 2. The monoisotopic (exact) mass is 296 g/mol. The van der Waals surface area contributed by atoms with Crippen molar-refractivity contribution in [2.75, 3.05) is 6.61 Å². The smallest absolute Gasteiger partial charge is 0.396 e. The van der Waals surface area contributed by atoms with Gasteiger partial charge >= 0.3 is 6.18 Å². The van der Waals surface area contributed by atoms with E-state index in [1.807, 2.05) is 4.57 Å². The van der Waals surface area contributed by atoms with E-state index in [1.165, 1.54) is 12.1 Å². The molecule has 0 saturated carbocycles. The van der Waals surface area contributed by atoms with Gasteiger partial charge < -0.3 is 9.67 Å². The summed E-state index contributed by atoms with van der Waals surface area (Å²) in [5, 5.41) is 9.21. The van der Waals surface area contributed by atoms with E-state index in [0.717, 1.165) is 18.3 Å². The lowest BCUT2D eigenvalue weighted by atomic mass is 10.0. The number of alkyl halides is 3. The predicted molar refractivity (Wildman–Crippen MR) is 71.6 cm³/mol. The second-order valence-corrected chi connectivity index (χ2v) is 5.33. The highest BCUT2D eigenvalue weighted by atomic mass is 19.4. The minimum atomic E-state index is -4.39. The molecule has 0 spiro atoms. The zero-order valence-corrected chi connectivity index (χ0v) is 11.3. The van der Waals surface area contributed by atoms with Crippen molar-refractivity contribution in [3.05, 3.63) is 41.9 Å². The van der Waals surface area contributed by atoms with Gasteiger partial charge in [0.15, 0.2) is 0 Å². The number of fused-ring (bicyclic) bond motifs is 1. The van der Waals surface area contributed by atoms with Gasteiger partial charge in [0, 0.05) is 37.3 Å². The Kier molecular flexibility index (Phi) is 3.49. The molecule has 0 bridgehead atoms. The zero-order chi connectivity index (χ0) is 15.0. The van der Waals surface area contributed by atoms with E-state index in [4.69, 9.17) is 0 Å². The van der Waals surface area contributed by atoms with E-state index in [9.17, 15) is 18.3 Å². The molecule has 1 unspecified atom stereocenters. The van der Waals surface area contributed by atoms with Gasteiger partial charge in [-0.25, -0.2) is 4.98 Å². The molecule has 0 amide bonds. The van der Waals surface area contributed by atoms with Crippen LogP contribution in [0.3, 0.4) is 0 Å². The molecule has 3 rings (SSSR count). The molecule has 0 aliphatic carbocycles. The first-order chi connectivity index (χ1) is 9.99. The fourth-order valence-electron chi connectivity index (χ4n) is 2.75. The number of aryl methyl sites for hydroxylation is 1. The summed E-state index contributed by atoms with van der Waals surface area (Å²) in [7, 11) is 0. The number of aliphatic hydroxyl groups excluding tert-OH is 1. The molecule has 0 saturated heterocycles. The highest BCUT2D eigenvalue weighted by molar-refractivity contribution is 5.64. The standard InChI is InChI=1S/C15H15F3N2O/c16-15(17,18)12-4-2-1-3-11(12)13-8-20-7-10(9-21)5-6-14(20)19-13/h1-4,8,10,21H,5-7,9H2. The Balaban J connectivity index is 2.02. The Labute approximate surface area is 120 Å². The van der Waals surface area contributed by atoms with E-state index in [2.05, 4.69) is 4.98 Å². The van der Waals surface area contributed by atoms with Crippen LogP contribution in [0, 0.1) is 5.92 Å². The summed E-state index contributed by atoms with van der Waals surface area (Å²) in [6.45, 7) is 0.694. The highest BCUT2D eigenvalue weighted by Crippen LogP contribution is 2.37. The molecular formula is C15H15F3N2O. The van der Waals surface area contributed by atoms with Gasteiger partial charge in [-0.2, -0.15) is 13.2 Å². The Morgan fingerprint density at radius 2 is 2.05 bits per heavy atom. The summed E-state index contributed by atoms with van der Waals surface area (Å²) in [6.07, 6.45) is -1.25. The molecule has 112 valence electrons. The topological polar surface area (TPSA) is 38.1 Å².